The summed E-state index contributed by atoms with van der Waals surface area (Å²) in [5.41, 5.74) is 1.74. The quantitative estimate of drug-likeness (QED) is 0.817. The molecule has 0 spiro atoms. The molecule has 2 atom stereocenters. The number of rotatable bonds is 4. The molecular weight excluding hydrogens is 231 g/mol. The average Bonchev–Trinajstić information content (AvgIpc) is 2.19. The molecule has 15 heavy (non-hydrogen) atoms. The fourth-order valence-corrected chi connectivity index (χ4v) is 1.81. The van der Waals surface area contributed by atoms with Crippen LogP contribution < -0.4 is 5.32 Å². The van der Waals surface area contributed by atoms with Crippen LogP contribution in [0.25, 0.3) is 0 Å². The van der Waals surface area contributed by atoms with Gasteiger partial charge in [-0.2, -0.15) is 0 Å². The minimum atomic E-state index is 0.0690. The number of nitrogens with one attached hydrogen (secondary N) is 1. The van der Waals surface area contributed by atoms with E-state index in [0.29, 0.717) is 5.02 Å². The zero-order chi connectivity index (χ0) is 11.4. The molecule has 1 heterocycles. The van der Waals surface area contributed by atoms with Crippen LogP contribution in [0.3, 0.4) is 0 Å². The van der Waals surface area contributed by atoms with Crippen molar-refractivity contribution in [1.29, 1.82) is 0 Å². The number of hydrogen-bond donors (Lipinski definition) is 1. The molecule has 0 fully saturated rings. The molecule has 1 N–H and O–H groups in total. The number of aromatic nitrogens is 1. The average molecular weight is 247 g/mol. The van der Waals surface area contributed by atoms with Gasteiger partial charge in [0.2, 0.25) is 0 Å². The summed E-state index contributed by atoms with van der Waals surface area (Å²) in [6.07, 6.45) is 2.71. The van der Waals surface area contributed by atoms with E-state index >= 15 is 0 Å². The molecule has 0 aliphatic heterocycles. The van der Waals surface area contributed by atoms with Gasteiger partial charge in [0.1, 0.15) is 0 Å². The Morgan fingerprint density at radius 3 is 2.73 bits per heavy atom. The van der Waals surface area contributed by atoms with Crippen molar-refractivity contribution in [3.63, 3.8) is 0 Å². The molecule has 4 heteroatoms. The van der Waals surface area contributed by atoms with E-state index in [2.05, 4.69) is 17.2 Å². The van der Waals surface area contributed by atoms with E-state index < -0.39 is 0 Å². The smallest absolute Gasteiger partial charge is 0.0849 e. The second kappa shape index (κ2) is 5.57. The van der Waals surface area contributed by atoms with E-state index in [9.17, 15) is 0 Å². The molecule has 2 nitrogen and oxygen atoms in total. The third kappa shape index (κ3) is 3.25. The third-order valence-corrected chi connectivity index (χ3v) is 3.18. The van der Waals surface area contributed by atoms with E-state index in [1.807, 2.05) is 19.9 Å². The number of pyridine rings is 1. The predicted molar refractivity (Wildman–Crippen MR) is 67.0 cm³/mol. The van der Waals surface area contributed by atoms with E-state index in [1.165, 1.54) is 0 Å². The largest absolute Gasteiger partial charge is 0.380 e. The van der Waals surface area contributed by atoms with Crippen LogP contribution in [0.5, 0.6) is 0 Å². The Hall–Kier alpha value is -0.470. The van der Waals surface area contributed by atoms with Gasteiger partial charge in [-0.15, -0.1) is 11.6 Å². The predicted octanol–water partition coefficient (Wildman–Crippen LogP) is 3.86. The number of halogens is 2. The molecule has 0 aliphatic rings. The molecule has 1 rings (SSSR count). The van der Waals surface area contributed by atoms with Crippen molar-refractivity contribution in [3.05, 3.63) is 23.0 Å². The highest BCUT2D eigenvalue weighted by molar-refractivity contribution is 6.33. The minimum Gasteiger partial charge on any atom is -0.380 e. The zero-order valence-corrected chi connectivity index (χ0v) is 10.7. The van der Waals surface area contributed by atoms with Gasteiger partial charge < -0.3 is 5.32 Å². The zero-order valence-electron chi connectivity index (χ0n) is 9.22. The van der Waals surface area contributed by atoms with Gasteiger partial charge in [-0.3, -0.25) is 4.98 Å². The monoisotopic (exact) mass is 246 g/mol. The molecule has 0 aliphatic carbocycles. The lowest BCUT2D eigenvalue weighted by Crippen LogP contribution is -2.27. The topological polar surface area (TPSA) is 24.9 Å². The summed E-state index contributed by atoms with van der Waals surface area (Å²) in [5, 5.41) is 4.08. The second-order valence-corrected chi connectivity index (χ2v) is 4.66. The van der Waals surface area contributed by atoms with Gasteiger partial charge in [0, 0.05) is 12.2 Å². The summed E-state index contributed by atoms with van der Waals surface area (Å²) < 4.78 is 0. The molecular formula is C11H16Cl2N2. The Labute approximate surface area is 101 Å². The normalized spacial score (nSPS) is 14.7. The molecule has 1 aromatic heterocycles. The van der Waals surface area contributed by atoms with Gasteiger partial charge in [0.05, 0.1) is 21.8 Å². The van der Waals surface area contributed by atoms with Crippen molar-refractivity contribution in [2.24, 2.45) is 0 Å². The third-order valence-electron chi connectivity index (χ3n) is 2.40. The van der Waals surface area contributed by atoms with Crippen molar-refractivity contribution >= 4 is 28.9 Å². The number of hydrogen-bond acceptors (Lipinski definition) is 2. The van der Waals surface area contributed by atoms with Crippen molar-refractivity contribution in [1.82, 2.24) is 4.98 Å². The van der Waals surface area contributed by atoms with E-state index in [-0.39, 0.29) is 11.4 Å². The van der Waals surface area contributed by atoms with Gasteiger partial charge >= 0.3 is 0 Å². The number of nitrogens with zero attached hydrogens (tertiary/aromatic N) is 1. The lowest BCUT2D eigenvalue weighted by atomic mass is 10.1. The van der Waals surface area contributed by atoms with Crippen LogP contribution in [0, 0.1) is 6.92 Å². The first-order valence-corrected chi connectivity index (χ1v) is 5.89. The van der Waals surface area contributed by atoms with Crippen molar-refractivity contribution in [3.8, 4) is 0 Å². The fourth-order valence-electron chi connectivity index (χ4n) is 1.40. The van der Waals surface area contributed by atoms with Gasteiger partial charge in [-0.25, -0.2) is 0 Å². The van der Waals surface area contributed by atoms with Crippen molar-refractivity contribution < 1.29 is 0 Å². The van der Waals surface area contributed by atoms with Gasteiger partial charge in [-0.05, 0) is 26.3 Å². The molecule has 0 saturated heterocycles. The molecule has 0 bridgehead atoms. The SMILES string of the molecule is CCC(Nc1ccnc(C)c1Cl)C(C)Cl. The maximum absolute atomic E-state index is 6.13. The molecule has 0 saturated carbocycles. The first-order valence-electron chi connectivity index (χ1n) is 5.08. The highest BCUT2D eigenvalue weighted by Crippen LogP contribution is 2.25. The number of alkyl halides is 1. The summed E-state index contributed by atoms with van der Waals surface area (Å²) in [6.45, 7) is 5.96. The summed E-state index contributed by atoms with van der Waals surface area (Å²) in [6, 6.07) is 2.10. The Kier molecular flexibility index (Phi) is 4.68. The van der Waals surface area contributed by atoms with Crippen molar-refractivity contribution in [2.75, 3.05) is 5.32 Å². The second-order valence-electron chi connectivity index (χ2n) is 3.59. The Bertz CT molecular complexity index is 326. The van der Waals surface area contributed by atoms with E-state index in [0.717, 1.165) is 17.8 Å². The maximum Gasteiger partial charge on any atom is 0.0849 e. The van der Waals surface area contributed by atoms with Crippen LogP contribution in [-0.4, -0.2) is 16.4 Å². The first-order chi connectivity index (χ1) is 7.06. The minimum absolute atomic E-state index is 0.0690. The first kappa shape index (κ1) is 12.6. The molecule has 0 aromatic carbocycles. The summed E-state index contributed by atoms with van der Waals surface area (Å²) in [7, 11) is 0. The molecule has 2 unspecified atom stereocenters. The van der Waals surface area contributed by atoms with Crippen LogP contribution in [-0.2, 0) is 0 Å². The fraction of sp³-hybridized carbons (Fsp3) is 0.545. The van der Waals surface area contributed by atoms with Crippen molar-refractivity contribution in [2.45, 2.75) is 38.6 Å². The standard InChI is InChI=1S/C11H16Cl2N2/c1-4-9(7(2)12)15-10-5-6-14-8(3)11(10)13/h5-7,9H,4H2,1-3H3,(H,14,15). The molecule has 1 aromatic rings. The number of anilines is 1. The molecule has 0 radical (unpaired) electrons. The highest BCUT2D eigenvalue weighted by Gasteiger charge is 2.14. The highest BCUT2D eigenvalue weighted by atomic mass is 35.5. The Morgan fingerprint density at radius 1 is 1.53 bits per heavy atom. The Morgan fingerprint density at radius 2 is 2.20 bits per heavy atom. The van der Waals surface area contributed by atoms with E-state index in [4.69, 9.17) is 23.2 Å². The summed E-state index contributed by atoms with van der Waals surface area (Å²) >= 11 is 12.2. The van der Waals surface area contributed by atoms with E-state index in [1.54, 1.807) is 6.20 Å². The number of aryl methyl sites for hydroxylation is 1. The van der Waals surface area contributed by atoms with Crippen LogP contribution in [0.4, 0.5) is 5.69 Å². The van der Waals surface area contributed by atoms with Gasteiger partial charge in [0.15, 0.2) is 0 Å². The summed E-state index contributed by atoms with van der Waals surface area (Å²) in [5.74, 6) is 0. The lowest BCUT2D eigenvalue weighted by molar-refractivity contribution is 0.679. The maximum atomic E-state index is 6.13. The summed E-state index contributed by atoms with van der Waals surface area (Å²) in [4.78, 5) is 4.11. The Balaban J connectivity index is 2.84. The van der Waals surface area contributed by atoms with Crippen LogP contribution in [0.15, 0.2) is 12.3 Å². The van der Waals surface area contributed by atoms with Crippen LogP contribution in [0.1, 0.15) is 26.0 Å². The molecule has 84 valence electrons. The van der Waals surface area contributed by atoms with Crippen LogP contribution >= 0.6 is 23.2 Å². The van der Waals surface area contributed by atoms with Crippen LogP contribution in [0.2, 0.25) is 5.02 Å². The van der Waals surface area contributed by atoms with Gasteiger partial charge in [0.25, 0.3) is 0 Å². The molecule has 0 amide bonds. The van der Waals surface area contributed by atoms with Gasteiger partial charge in [-0.1, -0.05) is 18.5 Å². The lowest BCUT2D eigenvalue weighted by Gasteiger charge is -2.21.